The molecule has 1 N–H and O–H groups in total. The summed E-state index contributed by atoms with van der Waals surface area (Å²) in [5, 5.41) is 9.12. The Morgan fingerprint density at radius 3 is 2.41 bits per heavy atom. The van der Waals surface area contributed by atoms with Gasteiger partial charge in [-0.3, -0.25) is 14.5 Å². The van der Waals surface area contributed by atoms with Crippen molar-refractivity contribution in [3.63, 3.8) is 0 Å². The van der Waals surface area contributed by atoms with E-state index in [1.54, 1.807) is 12.4 Å². The van der Waals surface area contributed by atoms with Crippen molar-refractivity contribution in [2.45, 2.75) is 53.9 Å². The average Bonchev–Trinajstić information content (AvgIpc) is 3.41. The van der Waals surface area contributed by atoms with E-state index < -0.39 is 0 Å². The number of ether oxygens (including phenoxy) is 1. The van der Waals surface area contributed by atoms with Crippen molar-refractivity contribution in [1.29, 1.82) is 0 Å². The van der Waals surface area contributed by atoms with Gasteiger partial charge in [0.1, 0.15) is 5.75 Å². The van der Waals surface area contributed by atoms with Crippen LogP contribution in [0, 0.1) is 34.6 Å². The third-order valence-corrected chi connectivity index (χ3v) is 8.63. The number of pyridine rings is 1. The molecule has 0 atom stereocenters. The van der Waals surface area contributed by atoms with Gasteiger partial charge in [-0.15, -0.1) is 0 Å². The first-order valence-corrected chi connectivity index (χ1v) is 14.5. The van der Waals surface area contributed by atoms with Crippen LogP contribution in [0.1, 0.15) is 52.0 Å². The molecular formula is C33H34Cl2N4O2. The second-order valence-electron chi connectivity index (χ2n) is 10.8. The Hall–Kier alpha value is -3.61. The van der Waals surface area contributed by atoms with Gasteiger partial charge in [0.15, 0.2) is 0 Å². The van der Waals surface area contributed by atoms with Gasteiger partial charge in [-0.1, -0.05) is 29.3 Å². The summed E-state index contributed by atoms with van der Waals surface area (Å²) in [6.07, 6.45) is 5.33. The zero-order chi connectivity index (χ0) is 29.4. The maximum absolute atomic E-state index is 13.7. The fourth-order valence-electron chi connectivity index (χ4n) is 5.70. The molecule has 212 valence electrons. The molecule has 0 spiro atoms. The largest absolute Gasteiger partial charge is 0.494 e. The maximum atomic E-state index is 13.7. The molecule has 0 saturated heterocycles. The number of hydrogen-bond acceptors (Lipinski definition) is 4. The fourth-order valence-corrected chi connectivity index (χ4v) is 6.08. The molecule has 8 heteroatoms. The maximum Gasteiger partial charge on any atom is 0.252 e. The lowest BCUT2D eigenvalue weighted by Crippen LogP contribution is -2.16. The zero-order valence-corrected chi connectivity index (χ0v) is 25.8. The smallest absolute Gasteiger partial charge is 0.252 e. The van der Waals surface area contributed by atoms with Gasteiger partial charge in [0.25, 0.3) is 5.91 Å². The first-order chi connectivity index (χ1) is 19.5. The Labute approximate surface area is 251 Å². The number of hydrogen-bond donors (Lipinski definition) is 1. The number of carbonyl (C=O) groups is 1. The van der Waals surface area contributed by atoms with Crippen molar-refractivity contribution in [2.24, 2.45) is 7.05 Å². The molecule has 0 radical (unpaired) electrons. The third kappa shape index (κ3) is 5.77. The van der Waals surface area contributed by atoms with Crippen molar-refractivity contribution >= 4 is 40.4 Å². The van der Waals surface area contributed by atoms with Crippen LogP contribution in [0.4, 0.5) is 5.69 Å². The van der Waals surface area contributed by atoms with E-state index in [1.165, 1.54) is 0 Å². The molecule has 0 bridgehead atoms. The van der Waals surface area contributed by atoms with Gasteiger partial charge in [0.2, 0.25) is 0 Å². The second-order valence-corrected chi connectivity index (χ2v) is 11.6. The highest BCUT2D eigenvalue weighted by molar-refractivity contribution is 6.34. The molecule has 2 aromatic heterocycles. The minimum Gasteiger partial charge on any atom is -0.494 e. The highest BCUT2D eigenvalue weighted by Crippen LogP contribution is 2.45. The van der Waals surface area contributed by atoms with Gasteiger partial charge in [-0.2, -0.15) is 5.10 Å². The molecule has 0 fully saturated rings. The number of rotatable bonds is 8. The second kappa shape index (κ2) is 11.7. The number of halogens is 2. The molecule has 0 saturated carbocycles. The quantitative estimate of drug-likeness (QED) is 0.211. The molecule has 41 heavy (non-hydrogen) atoms. The molecule has 1 aliphatic rings. The standard InChI is InChI=1S/C33H34Cl2N4O2/c1-18-12-23(17-36-16-18)37-33(40)28-15-27-26(9-10-29(34)31(27)30-21(4)38-39(6)22(30)5)25(28)8-7-11-41-24-13-19(2)32(35)20(3)14-24/h9-10,12-14,16-17H,7-8,11,15H2,1-6H3,(H,37,40). The molecule has 2 aromatic carbocycles. The van der Waals surface area contributed by atoms with Gasteiger partial charge in [-0.05, 0) is 105 Å². The first kappa shape index (κ1) is 28.9. The van der Waals surface area contributed by atoms with E-state index in [4.69, 9.17) is 27.9 Å². The van der Waals surface area contributed by atoms with Crippen LogP contribution in [0.25, 0.3) is 16.7 Å². The number of anilines is 1. The normalized spacial score (nSPS) is 12.6. The SMILES string of the molecule is Cc1cncc(NC(=O)C2=C(CCCOc3cc(C)c(Cl)c(C)c3)c3ccc(Cl)c(-c4c(C)nn(C)c4C)c3C2)c1. The van der Waals surface area contributed by atoms with E-state index >= 15 is 0 Å². The van der Waals surface area contributed by atoms with Crippen molar-refractivity contribution < 1.29 is 9.53 Å². The summed E-state index contributed by atoms with van der Waals surface area (Å²) in [5.74, 6) is 0.668. The Bertz CT molecular complexity index is 1680. The number of fused-ring (bicyclic) bond motifs is 1. The summed E-state index contributed by atoms with van der Waals surface area (Å²) >= 11 is 13.2. The van der Waals surface area contributed by atoms with E-state index in [2.05, 4.69) is 15.4 Å². The van der Waals surface area contributed by atoms with Crippen LogP contribution < -0.4 is 10.1 Å². The topological polar surface area (TPSA) is 69.0 Å². The van der Waals surface area contributed by atoms with Crippen LogP contribution in [-0.2, 0) is 18.3 Å². The number of nitrogens with zero attached hydrogens (tertiary/aromatic N) is 3. The lowest BCUT2D eigenvalue weighted by molar-refractivity contribution is -0.112. The monoisotopic (exact) mass is 588 g/mol. The number of benzene rings is 2. The summed E-state index contributed by atoms with van der Waals surface area (Å²) in [6.45, 7) is 10.5. The zero-order valence-electron chi connectivity index (χ0n) is 24.3. The van der Waals surface area contributed by atoms with E-state index in [0.29, 0.717) is 30.2 Å². The molecule has 2 heterocycles. The summed E-state index contributed by atoms with van der Waals surface area (Å²) in [6, 6.07) is 9.81. The number of carbonyl (C=O) groups excluding carboxylic acids is 1. The summed E-state index contributed by atoms with van der Waals surface area (Å²) in [5.41, 5.74) is 11.4. The third-order valence-electron chi connectivity index (χ3n) is 7.72. The van der Waals surface area contributed by atoms with Gasteiger partial charge in [0.05, 0.1) is 24.2 Å². The summed E-state index contributed by atoms with van der Waals surface area (Å²) in [4.78, 5) is 18.0. The van der Waals surface area contributed by atoms with Crippen molar-refractivity contribution in [3.8, 4) is 16.9 Å². The molecule has 6 nitrogen and oxygen atoms in total. The van der Waals surface area contributed by atoms with Crippen molar-refractivity contribution in [3.05, 3.63) is 97.5 Å². The lowest BCUT2D eigenvalue weighted by atomic mass is 9.93. The Balaban J connectivity index is 1.47. The number of aryl methyl sites for hydroxylation is 5. The Morgan fingerprint density at radius 2 is 1.76 bits per heavy atom. The van der Waals surface area contributed by atoms with E-state index in [1.807, 2.05) is 76.7 Å². The predicted molar refractivity (Wildman–Crippen MR) is 167 cm³/mol. The molecule has 0 unspecified atom stereocenters. The summed E-state index contributed by atoms with van der Waals surface area (Å²) < 4.78 is 7.97. The highest BCUT2D eigenvalue weighted by Gasteiger charge is 2.31. The van der Waals surface area contributed by atoms with Gasteiger partial charge in [-0.25, -0.2) is 0 Å². The molecule has 4 aromatic rings. The van der Waals surface area contributed by atoms with Gasteiger partial charge >= 0.3 is 0 Å². The Morgan fingerprint density at radius 1 is 1.02 bits per heavy atom. The van der Waals surface area contributed by atoms with Crippen LogP contribution in [-0.4, -0.2) is 27.3 Å². The van der Waals surface area contributed by atoms with E-state index in [9.17, 15) is 4.79 Å². The molecule has 1 amide bonds. The highest BCUT2D eigenvalue weighted by atomic mass is 35.5. The van der Waals surface area contributed by atoms with Crippen LogP contribution in [0.2, 0.25) is 10.0 Å². The lowest BCUT2D eigenvalue weighted by Gasteiger charge is -2.14. The van der Waals surface area contributed by atoms with E-state index in [0.717, 1.165) is 78.7 Å². The van der Waals surface area contributed by atoms with Crippen molar-refractivity contribution in [1.82, 2.24) is 14.8 Å². The Kier molecular flexibility index (Phi) is 8.25. The van der Waals surface area contributed by atoms with Crippen LogP contribution >= 0.6 is 23.2 Å². The number of allylic oxidation sites excluding steroid dienone is 1. The van der Waals surface area contributed by atoms with E-state index in [-0.39, 0.29) is 5.91 Å². The van der Waals surface area contributed by atoms with Gasteiger partial charge < -0.3 is 10.1 Å². The van der Waals surface area contributed by atoms with Crippen LogP contribution in [0.3, 0.4) is 0 Å². The summed E-state index contributed by atoms with van der Waals surface area (Å²) in [7, 11) is 1.94. The molecule has 5 rings (SSSR count). The molecule has 0 aliphatic heterocycles. The average molecular weight is 590 g/mol. The van der Waals surface area contributed by atoms with Gasteiger partial charge in [0, 0.05) is 52.1 Å². The molecular weight excluding hydrogens is 555 g/mol. The molecule has 1 aliphatic carbocycles. The first-order valence-electron chi connectivity index (χ1n) is 13.7. The van der Waals surface area contributed by atoms with Crippen LogP contribution in [0.15, 0.2) is 48.3 Å². The number of amides is 1. The predicted octanol–water partition coefficient (Wildman–Crippen LogP) is 8.14. The number of nitrogens with one attached hydrogen (secondary N) is 1. The van der Waals surface area contributed by atoms with Crippen molar-refractivity contribution in [2.75, 3.05) is 11.9 Å². The fraction of sp³-hybridized carbons (Fsp3) is 0.303. The number of aromatic nitrogens is 3. The minimum atomic E-state index is -0.129. The minimum absolute atomic E-state index is 0.129. The van der Waals surface area contributed by atoms with Crippen LogP contribution in [0.5, 0.6) is 5.75 Å².